The number of carbonyl (C=O) groups is 1. The standard InChI is InChI=1S/C16H17F2NO4/c17-16(18)22-12-2-1-10(7-13(12)23-16)11-8-15(9-11)3-5-19(6-4-15)14(20)21/h1-2,7,11H,3-6,8-9H2,(H,20,21). The minimum atomic E-state index is -3.58. The summed E-state index contributed by atoms with van der Waals surface area (Å²) in [4.78, 5) is 12.4. The molecule has 1 N–H and O–H groups in total. The van der Waals surface area contributed by atoms with E-state index in [1.807, 2.05) is 6.07 Å². The highest BCUT2D eigenvalue weighted by atomic mass is 19.3. The number of halogens is 2. The minimum absolute atomic E-state index is 0.0718. The summed E-state index contributed by atoms with van der Waals surface area (Å²) >= 11 is 0. The van der Waals surface area contributed by atoms with Gasteiger partial charge in [0.2, 0.25) is 0 Å². The number of ether oxygens (including phenoxy) is 2. The van der Waals surface area contributed by atoms with Crippen LogP contribution in [0.25, 0.3) is 0 Å². The Kier molecular flexibility index (Phi) is 2.98. The first-order valence-electron chi connectivity index (χ1n) is 7.74. The lowest BCUT2D eigenvalue weighted by Crippen LogP contribution is -2.47. The Hall–Kier alpha value is -2.05. The second-order valence-electron chi connectivity index (χ2n) is 6.75. The van der Waals surface area contributed by atoms with Gasteiger partial charge in [-0.2, -0.15) is 0 Å². The first-order valence-corrected chi connectivity index (χ1v) is 7.74. The van der Waals surface area contributed by atoms with Gasteiger partial charge in [0.05, 0.1) is 0 Å². The molecular formula is C16H17F2NO4. The average molecular weight is 325 g/mol. The van der Waals surface area contributed by atoms with Crippen LogP contribution in [0.15, 0.2) is 18.2 Å². The van der Waals surface area contributed by atoms with E-state index in [2.05, 4.69) is 9.47 Å². The van der Waals surface area contributed by atoms with Gasteiger partial charge in [-0.25, -0.2) is 4.79 Å². The normalized spacial score (nSPS) is 24.5. The molecule has 1 amide bonds. The smallest absolute Gasteiger partial charge is 0.465 e. The molecule has 0 bridgehead atoms. The largest absolute Gasteiger partial charge is 0.586 e. The monoisotopic (exact) mass is 325 g/mol. The molecule has 0 radical (unpaired) electrons. The molecule has 7 heteroatoms. The maximum atomic E-state index is 13.1. The summed E-state index contributed by atoms with van der Waals surface area (Å²) in [5.74, 6) is 0.478. The third-order valence-electron chi connectivity index (χ3n) is 5.35. The second kappa shape index (κ2) is 4.72. The van der Waals surface area contributed by atoms with Crippen molar-refractivity contribution in [3.8, 4) is 11.5 Å². The molecule has 1 spiro atoms. The molecule has 5 nitrogen and oxygen atoms in total. The quantitative estimate of drug-likeness (QED) is 0.856. The molecule has 1 aromatic carbocycles. The molecule has 2 aliphatic heterocycles. The summed E-state index contributed by atoms with van der Waals surface area (Å²) in [7, 11) is 0. The number of rotatable bonds is 1. The Balaban J connectivity index is 1.41. The van der Waals surface area contributed by atoms with Crippen LogP contribution in [0.2, 0.25) is 0 Å². The van der Waals surface area contributed by atoms with E-state index in [0.29, 0.717) is 19.0 Å². The van der Waals surface area contributed by atoms with Gasteiger partial charge in [-0.3, -0.25) is 0 Å². The fourth-order valence-electron chi connectivity index (χ4n) is 4.02. The number of hydrogen-bond donors (Lipinski definition) is 1. The number of benzene rings is 1. The Bertz CT molecular complexity index is 647. The predicted molar refractivity (Wildman–Crippen MR) is 75.9 cm³/mol. The molecule has 124 valence electrons. The van der Waals surface area contributed by atoms with Gasteiger partial charge in [0.25, 0.3) is 0 Å². The van der Waals surface area contributed by atoms with Crippen molar-refractivity contribution in [3.63, 3.8) is 0 Å². The molecule has 2 heterocycles. The van der Waals surface area contributed by atoms with E-state index in [-0.39, 0.29) is 16.9 Å². The minimum Gasteiger partial charge on any atom is -0.465 e. The van der Waals surface area contributed by atoms with Crippen molar-refractivity contribution in [2.45, 2.75) is 37.9 Å². The molecule has 0 atom stereocenters. The molecule has 2 fully saturated rings. The summed E-state index contributed by atoms with van der Waals surface area (Å²) in [6, 6.07) is 4.98. The van der Waals surface area contributed by atoms with Gasteiger partial charge in [-0.15, -0.1) is 8.78 Å². The molecule has 1 saturated carbocycles. The van der Waals surface area contributed by atoms with Crippen molar-refractivity contribution >= 4 is 6.09 Å². The first kappa shape index (κ1) is 14.5. The summed E-state index contributed by atoms with van der Waals surface area (Å²) in [6.45, 7) is 1.16. The number of fused-ring (bicyclic) bond motifs is 1. The summed E-state index contributed by atoms with van der Waals surface area (Å²) in [5, 5.41) is 9.00. The number of amides is 1. The van der Waals surface area contributed by atoms with Crippen LogP contribution in [0.5, 0.6) is 11.5 Å². The highest BCUT2D eigenvalue weighted by molar-refractivity contribution is 5.65. The number of hydrogen-bond acceptors (Lipinski definition) is 3. The highest BCUT2D eigenvalue weighted by Gasteiger charge is 2.48. The van der Waals surface area contributed by atoms with Crippen LogP contribution < -0.4 is 9.47 Å². The molecule has 3 aliphatic rings. The van der Waals surface area contributed by atoms with E-state index >= 15 is 0 Å². The van der Waals surface area contributed by atoms with Crippen molar-refractivity contribution in [2.24, 2.45) is 5.41 Å². The zero-order valence-corrected chi connectivity index (χ0v) is 12.4. The van der Waals surface area contributed by atoms with E-state index in [1.165, 1.54) is 11.0 Å². The van der Waals surface area contributed by atoms with E-state index in [1.54, 1.807) is 6.07 Å². The van der Waals surface area contributed by atoms with Gasteiger partial charge in [-0.1, -0.05) is 6.07 Å². The molecule has 1 saturated heterocycles. The number of nitrogens with zero attached hydrogens (tertiary/aromatic N) is 1. The molecule has 1 aliphatic carbocycles. The lowest BCUT2D eigenvalue weighted by Gasteiger charge is -2.52. The van der Waals surface area contributed by atoms with Crippen molar-refractivity contribution < 1.29 is 28.2 Å². The fourth-order valence-corrected chi connectivity index (χ4v) is 4.02. The van der Waals surface area contributed by atoms with Crippen LogP contribution in [-0.2, 0) is 0 Å². The maximum Gasteiger partial charge on any atom is 0.586 e. The number of carboxylic acid groups (broad SMARTS) is 1. The van der Waals surface area contributed by atoms with E-state index < -0.39 is 12.4 Å². The van der Waals surface area contributed by atoms with Crippen molar-refractivity contribution in [1.82, 2.24) is 4.90 Å². The molecule has 4 rings (SSSR count). The van der Waals surface area contributed by atoms with Crippen LogP contribution in [0.4, 0.5) is 13.6 Å². The van der Waals surface area contributed by atoms with Crippen LogP contribution in [0.3, 0.4) is 0 Å². The average Bonchev–Trinajstić information content (AvgIpc) is 2.77. The SMILES string of the molecule is O=C(O)N1CCC2(CC1)CC(c1ccc3c(c1)OC(F)(F)O3)C2. The molecule has 23 heavy (non-hydrogen) atoms. The van der Waals surface area contributed by atoms with Gasteiger partial charge >= 0.3 is 12.4 Å². The Morgan fingerprint density at radius 2 is 1.83 bits per heavy atom. The number of likely N-dealkylation sites (tertiary alicyclic amines) is 1. The van der Waals surface area contributed by atoms with Crippen molar-refractivity contribution in [1.29, 1.82) is 0 Å². The van der Waals surface area contributed by atoms with Crippen molar-refractivity contribution in [3.05, 3.63) is 23.8 Å². The van der Waals surface area contributed by atoms with E-state index in [0.717, 1.165) is 31.2 Å². The lowest BCUT2D eigenvalue weighted by atomic mass is 9.56. The molecular weight excluding hydrogens is 308 g/mol. The zero-order chi connectivity index (χ0) is 16.2. The summed E-state index contributed by atoms with van der Waals surface area (Å²) in [6.07, 6.45) is -0.748. The fraction of sp³-hybridized carbons (Fsp3) is 0.562. The Labute approximate surface area is 131 Å². The van der Waals surface area contributed by atoms with Gasteiger partial charge in [0, 0.05) is 13.1 Å². The topological polar surface area (TPSA) is 59.0 Å². The van der Waals surface area contributed by atoms with Crippen LogP contribution >= 0.6 is 0 Å². The number of alkyl halides is 2. The van der Waals surface area contributed by atoms with Gasteiger partial charge < -0.3 is 19.5 Å². The third-order valence-corrected chi connectivity index (χ3v) is 5.35. The molecule has 0 aromatic heterocycles. The van der Waals surface area contributed by atoms with E-state index in [9.17, 15) is 13.6 Å². The third kappa shape index (κ3) is 2.48. The lowest BCUT2D eigenvalue weighted by molar-refractivity contribution is -0.286. The van der Waals surface area contributed by atoms with Gasteiger partial charge in [0.1, 0.15) is 0 Å². The van der Waals surface area contributed by atoms with Crippen LogP contribution in [0, 0.1) is 5.41 Å². The van der Waals surface area contributed by atoms with Crippen LogP contribution in [0.1, 0.15) is 37.2 Å². The Morgan fingerprint density at radius 3 is 2.48 bits per heavy atom. The zero-order valence-electron chi connectivity index (χ0n) is 12.4. The predicted octanol–water partition coefficient (Wildman–Crippen LogP) is 3.65. The van der Waals surface area contributed by atoms with Gasteiger partial charge in [0.15, 0.2) is 11.5 Å². The van der Waals surface area contributed by atoms with E-state index in [4.69, 9.17) is 5.11 Å². The van der Waals surface area contributed by atoms with Gasteiger partial charge in [-0.05, 0) is 54.7 Å². The number of piperidine rings is 1. The first-order chi connectivity index (χ1) is 10.9. The summed E-state index contributed by atoms with van der Waals surface area (Å²) < 4.78 is 35.0. The second-order valence-corrected chi connectivity index (χ2v) is 6.75. The summed E-state index contributed by atoms with van der Waals surface area (Å²) in [5.41, 5.74) is 1.19. The molecule has 0 unspecified atom stereocenters. The maximum absolute atomic E-state index is 13.1. The molecule has 1 aromatic rings. The Morgan fingerprint density at radius 1 is 1.17 bits per heavy atom. The van der Waals surface area contributed by atoms with Crippen LogP contribution in [-0.4, -0.2) is 35.5 Å². The van der Waals surface area contributed by atoms with Crippen molar-refractivity contribution in [2.75, 3.05) is 13.1 Å². The highest BCUT2D eigenvalue weighted by Crippen LogP contribution is 2.57.